The minimum absolute atomic E-state index is 0.0293. The number of hydrogen-bond acceptors (Lipinski definition) is 5. The second-order valence-electron chi connectivity index (χ2n) is 7.56. The number of hydrogen-bond donors (Lipinski definition) is 1. The van der Waals surface area contributed by atoms with Crippen LogP contribution >= 0.6 is 11.3 Å². The van der Waals surface area contributed by atoms with Crippen molar-refractivity contribution in [1.29, 1.82) is 0 Å². The minimum Gasteiger partial charge on any atom is -0.494 e. The Kier molecular flexibility index (Phi) is 7.00. The number of rotatable bonds is 8. The predicted molar refractivity (Wildman–Crippen MR) is 131 cm³/mol. The number of carbonyl (C=O) groups is 1. The van der Waals surface area contributed by atoms with E-state index in [4.69, 9.17) is 4.74 Å². The number of nitrogens with zero attached hydrogens (tertiary/aromatic N) is 2. The maximum absolute atomic E-state index is 12.8. The van der Waals surface area contributed by atoms with Crippen LogP contribution in [0.5, 0.6) is 5.75 Å². The number of ether oxygens (including phenoxy) is 1. The third-order valence-electron chi connectivity index (χ3n) is 5.14. The number of thiazole rings is 1. The van der Waals surface area contributed by atoms with E-state index >= 15 is 0 Å². The molecule has 2 heterocycles. The van der Waals surface area contributed by atoms with Crippen LogP contribution in [0.4, 0.5) is 0 Å². The van der Waals surface area contributed by atoms with Crippen molar-refractivity contribution < 1.29 is 9.53 Å². The van der Waals surface area contributed by atoms with Gasteiger partial charge in [0, 0.05) is 24.4 Å². The molecule has 168 valence electrons. The molecule has 0 spiro atoms. The van der Waals surface area contributed by atoms with Gasteiger partial charge in [-0.1, -0.05) is 30.3 Å². The quantitative estimate of drug-likeness (QED) is 0.416. The lowest BCUT2D eigenvalue weighted by Gasteiger charge is -2.08. The van der Waals surface area contributed by atoms with Crippen molar-refractivity contribution in [2.24, 2.45) is 0 Å². The summed E-state index contributed by atoms with van der Waals surface area (Å²) in [6.45, 7) is 5.35. The molecule has 0 radical (unpaired) electrons. The van der Waals surface area contributed by atoms with Gasteiger partial charge in [0.25, 0.3) is 11.5 Å². The largest absolute Gasteiger partial charge is 0.494 e. The van der Waals surface area contributed by atoms with Gasteiger partial charge < -0.3 is 14.6 Å². The van der Waals surface area contributed by atoms with Gasteiger partial charge in [-0.05, 0) is 55.3 Å². The van der Waals surface area contributed by atoms with Crippen LogP contribution in [0, 0.1) is 6.92 Å². The average molecular weight is 460 g/mol. The summed E-state index contributed by atoms with van der Waals surface area (Å²) in [5.74, 6) is 0.677. The van der Waals surface area contributed by atoms with Crippen LogP contribution in [0.3, 0.4) is 0 Å². The van der Waals surface area contributed by atoms with Crippen LogP contribution in [0.1, 0.15) is 33.4 Å². The second kappa shape index (κ2) is 10.3. The Morgan fingerprint density at radius 1 is 1.03 bits per heavy atom. The van der Waals surface area contributed by atoms with Crippen molar-refractivity contribution in [2.75, 3.05) is 6.61 Å². The topological polar surface area (TPSA) is 73.2 Å². The average Bonchev–Trinajstić information content (AvgIpc) is 3.22. The normalized spacial score (nSPS) is 10.7. The van der Waals surface area contributed by atoms with Crippen molar-refractivity contribution in [3.8, 4) is 16.3 Å². The third kappa shape index (κ3) is 5.56. The van der Waals surface area contributed by atoms with E-state index in [0.29, 0.717) is 30.3 Å². The van der Waals surface area contributed by atoms with Gasteiger partial charge in [0.1, 0.15) is 15.6 Å². The van der Waals surface area contributed by atoms with Crippen molar-refractivity contribution in [3.05, 3.63) is 105 Å². The fourth-order valence-corrected chi connectivity index (χ4v) is 4.39. The lowest BCUT2D eigenvalue weighted by atomic mass is 10.1. The molecule has 7 heteroatoms. The summed E-state index contributed by atoms with van der Waals surface area (Å²) < 4.78 is 7.14. The van der Waals surface area contributed by atoms with E-state index in [2.05, 4.69) is 10.3 Å². The molecule has 33 heavy (non-hydrogen) atoms. The number of pyridine rings is 1. The monoisotopic (exact) mass is 459 g/mol. The van der Waals surface area contributed by atoms with E-state index in [-0.39, 0.29) is 11.5 Å². The second-order valence-corrected chi connectivity index (χ2v) is 8.56. The summed E-state index contributed by atoms with van der Waals surface area (Å²) in [5, 5.41) is 3.79. The Hall–Kier alpha value is -3.71. The molecular weight excluding hydrogens is 434 g/mol. The van der Waals surface area contributed by atoms with Gasteiger partial charge in [0.05, 0.1) is 18.8 Å². The van der Waals surface area contributed by atoms with E-state index in [1.807, 2.05) is 68.4 Å². The summed E-state index contributed by atoms with van der Waals surface area (Å²) >= 11 is 1.38. The number of aryl methyl sites for hydroxylation is 1. The van der Waals surface area contributed by atoms with Gasteiger partial charge in [0.15, 0.2) is 0 Å². The van der Waals surface area contributed by atoms with E-state index in [0.717, 1.165) is 27.4 Å². The maximum atomic E-state index is 12.8. The number of nitrogens with one attached hydrogen (secondary N) is 1. The number of benzene rings is 2. The smallest absolute Gasteiger partial charge is 0.263 e. The summed E-state index contributed by atoms with van der Waals surface area (Å²) in [5.41, 5.74) is 3.65. The Morgan fingerprint density at radius 3 is 2.45 bits per heavy atom. The lowest BCUT2D eigenvalue weighted by molar-refractivity contribution is 0.0954. The molecule has 0 atom stereocenters. The minimum atomic E-state index is -0.137. The highest BCUT2D eigenvalue weighted by atomic mass is 32.1. The predicted octanol–water partition coefficient (Wildman–Crippen LogP) is 4.66. The molecule has 0 bridgehead atoms. The molecule has 0 aliphatic rings. The molecule has 0 aliphatic carbocycles. The summed E-state index contributed by atoms with van der Waals surface area (Å²) in [7, 11) is 0. The highest BCUT2D eigenvalue weighted by Crippen LogP contribution is 2.29. The standard InChI is InChI=1S/C26H25N3O3S/c1-3-32-22-13-11-21(12-14-22)26-28-18(2)24(33-26)25(31)27-16-19-7-9-20(10-8-19)17-29-15-5-4-6-23(29)30/h4-15H,3,16-17H2,1-2H3,(H,27,31). The Balaban J connectivity index is 1.38. The van der Waals surface area contributed by atoms with Crippen LogP contribution in [0.2, 0.25) is 0 Å². The molecule has 0 saturated heterocycles. The first-order chi connectivity index (χ1) is 16.0. The lowest BCUT2D eigenvalue weighted by Crippen LogP contribution is -2.22. The molecule has 0 aliphatic heterocycles. The first-order valence-electron chi connectivity index (χ1n) is 10.8. The highest BCUT2D eigenvalue weighted by Gasteiger charge is 2.16. The van der Waals surface area contributed by atoms with Gasteiger partial charge in [-0.2, -0.15) is 0 Å². The Bertz CT molecular complexity index is 1290. The zero-order valence-corrected chi connectivity index (χ0v) is 19.4. The summed E-state index contributed by atoms with van der Waals surface area (Å²) in [4.78, 5) is 29.8. The Labute approximate surface area is 196 Å². The molecule has 1 N–H and O–H groups in total. The van der Waals surface area contributed by atoms with Gasteiger partial charge in [-0.3, -0.25) is 9.59 Å². The van der Waals surface area contributed by atoms with E-state index < -0.39 is 0 Å². The summed E-state index contributed by atoms with van der Waals surface area (Å²) in [6.07, 6.45) is 1.77. The molecule has 4 rings (SSSR count). The van der Waals surface area contributed by atoms with Crippen LogP contribution in [0.25, 0.3) is 10.6 Å². The molecule has 2 aromatic carbocycles. The fraction of sp³-hybridized carbons (Fsp3) is 0.192. The van der Waals surface area contributed by atoms with Gasteiger partial charge in [-0.25, -0.2) is 4.98 Å². The van der Waals surface area contributed by atoms with Crippen LogP contribution in [-0.4, -0.2) is 22.1 Å². The summed E-state index contributed by atoms with van der Waals surface area (Å²) in [6, 6.07) is 20.7. The van der Waals surface area contributed by atoms with Crippen molar-refractivity contribution in [1.82, 2.24) is 14.9 Å². The number of carbonyl (C=O) groups excluding carboxylic acids is 1. The molecule has 0 fully saturated rings. The van der Waals surface area contributed by atoms with E-state index in [1.165, 1.54) is 11.3 Å². The SMILES string of the molecule is CCOc1ccc(-c2nc(C)c(C(=O)NCc3ccc(Cn4ccccc4=O)cc3)s2)cc1. The number of aromatic nitrogens is 2. The molecular formula is C26H25N3O3S. The molecule has 4 aromatic rings. The first kappa shape index (κ1) is 22.5. The van der Waals surface area contributed by atoms with E-state index in [1.54, 1.807) is 22.9 Å². The van der Waals surface area contributed by atoms with Crippen molar-refractivity contribution in [2.45, 2.75) is 26.9 Å². The highest BCUT2D eigenvalue weighted by molar-refractivity contribution is 7.17. The van der Waals surface area contributed by atoms with Crippen molar-refractivity contribution >= 4 is 17.2 Å². The molecule has 6 nitrogen and oxygen atoms in total. The molecule has 2 aromatic heterocycles. The third-order valence-corrected chi connectivity index (χ3v) is 6.35. The van der Waals surface area contributed by atoms with Gasteiger partial charge in [-0.15, -0.1) is 11.3 Å². The molecule has 0 saturated carbocycles. The molecule has 0 unspecified atom stereocenters. The Morgan fingerprint density at radius 2 is 1.76 bits per heavy atom. The zero-order chi connectivity index (χ0) is 23.2. The number of amides is 1. The van der Waals surface area contributed by atoms with Gasteiger partial charge in [0.2, 0.25) is 0 Å². The van der Waals surface area contributed by atoms with Crippen LogP contribution in [0.15, 0.2) is 77.7 Å². The maximum Gasteiger partial charge on any atom is 0.263 e. The van der Waals surface area contributed by atoms with Crippen molar-refractivity contribution in [3.63, 3.8) is 0 Å². The first-order valence-corrected chi connectivity index (χ1v) is 11.6. The van der Waals surface area contributed by atoms with Gasteiger partial charge >= 0.3 is 0 Å². The van der Waals surface area contributed by atoms with E-state index in [9.17, 15) is 9.59 Å². The van der Waals surface area contributed by atoms with Crippen LogP contribution < -0.4 is 15.6 Å². The zero-order valence-electron chi connectivity index (χ0n) is 18.6. The molecule has 1 amide bonds. The fourth-order valence-electron chi connectivity index (χ4n) is 3.40. The van der Waals surface area contributed by atoms with Crippen LogP contribution in [-0.2, 0) is 13.1 Å².